The first-order valence-corrected chi connectivity index (χ1v) is 7.67. The first-order valence-electron chi connectivity index (χ1n) is 6.79. The molecule has 2 aromatic rings. The number of methoxy groups -OCH3 is 1. The SMILES string of the molecule is COc1cccc(N(C)CCc2cccs2)c1[C@@H](C)N. The molecule has 3 nitrogen and oxygen atoms in total. The lowest BCUT2D eigenvalue weighted by Gasteiger charge is -2.25. The molecule has 0 unspecified atom stereocenters. The van der Waals surface area contributed by atoms with Crippen molar-refractivity contribution in [3.05, 3.63) is 46.2 Å². The van der Waals surface area contributed by atoms with Crippen molar-refractivity contribution in [2.45, 2.75) is 19.4 Å². The number of nitrogens with two attached hydrogens (primary N) is 1. The minimum absolute atomic E-state index is 0.0506. The van der Waals surface area contributed by atoms with Crippen molar-refractivity contribution in [3.63, 3.8) is 0 Å². The Hall–Kier alpha value is -1.52. The zero-order valence-electron chi connectivity index (χ0n) is 12.3. The molecule has 0 aliphatic heterocycles. The maximum atomic E-state index is 6.11. The summed E-state index contributed by atoms with van der Waals surface area (Å²) in [5.41, 5.74) is 8.34. The van der Waals surface area contributed by atoms with Crippen molar-refractivity contribution >= 4 is 17.0 Å². The van der Waals surface area contributed by atoms with Crippen molar-refractivity contribution in [2.24, 2.45) is 5.73 Å². The Morgan fingerprint density at radius 3 is 2.70 bits per heavy atom. The van der Waals surface area contributed by atoms with Gasteiger partial charge in [0, 0.05) is 35.8 Å². The van der Waals surface area contributed by atoms with E-state index in [0.717, 1.165) is 30.0 Å². The Labute approximate surface area is 125 Å². The number of rotatable bonds is 6. The molecule has 2 N–H and O–H groups in total. The van der Waals surface area contributed by atoms with Crippen LogP contribution in [-0.4, -0.2) is 20.7 Å². The van der Waals surface area contributed by atoms with Gasteiger partial charge in [-0.2, -0.15) is 0 Å². The highest BCUT2D eigenvalue weighted by Gasteiger charge is 2.15. The lowest BCUT2D eigenvalue weighted by molar-refractivity contribution is 0.407. The Bertz CT molecular complexity index is 537. The Kier molecular flexibility index (Phi) is 5.04. The van der Waals surface area contributed by atoms with E-state index >= 15 is 0 Å². The number of ether oxygens (including phenoxy) is 1. The molecule has 4 heteroatoms. The fourth-order valence-electron chi connectivity index (χ4n) is 2.35. The molecular formula is C16H22N2OS. The monoisotopic (exact) mass is 290 g/mol. The van der Waals surface area contributed by atoms with Crippen LogP contribution in [0.1, 0.15) is 23.4 Å². The van der Waals surface area contributed by atoms with Crippen LogP contribution in [0, 0.1) is 0 Å². The first kappa shape index (κ1) is 14.9. The molecule has 0 fully saturated rings. The van der Waals surface area contributed by atoms with Gasteiger partial charge in [0.1, 0.15) is 5.75 Å². The molecule has 2 rings (SSSR count). The number of likely N-dealkylation sites (N-methyl/N-ethyl adjacent to an activating group) is 1. The topological polar surface area (TPSA) is 38.5 Å². The van der Waals surface area contributed by atoms with Crippen LogP contribution in [0.15, 0.2) is 35.7 Å². The smallest absolute Gasteiger partial charge is 0.125 e. The molecular weight excluding hydrogens is 268 g/mol. The molecule has 1 aromatic carbocycles. The van der Waals surface area contributed by atoms with Crippen LogP contribution in [0.3, 0.4) is 0 Å². The van der Waals surface area contributed by atoms with Gasteiger partial charge in [0.2, 0.25) is 0 Å². The Morgan fingerprint density at radius 2 is 2.10 bits per heavy atom. The minimum atomic E-state index is -0.0506. The van der Waals surface area contributed by atoms with E-state index in [2.05, 4.69) is 35.5 Å². The number of thiophene rings is 1. The first-order chi connectivity index (χ1) is 9.63. The maximum Gasteiger partial charge on any atom is 0.125 e. The van der Waals surface area contributed by atoms with Gasteiger partial charge >= 0.3 is 0 Å². The van der Waals surface area contributed by atoms with Crippen LogP contribution in [0.25, 0.3) is 0 Å². The molecule has 0 amide bonds. The van der Waals surface area contributed by atoms with E-state index in [1.165, 1.54) is 4.88 Å². The fourth-order valence-corrected chi connectivity index (χ4v) is 3.05. The molecule has 1 heterocycles. The highest BCUT2D eigenvalue weighted by Crippen LogP contribution is 2.33. The van der Waals surface area contributed by atoms with Gasteiger partial charge in [-0.25, -0.2) is 0 Å². The van der Waals surface area contributed by atoms with E-state index < -0.39 is 0 Å². The summed E-state index contributed by atoms with van der Waals surface area (Å²) in [4.78, 5) is 3.66. The summed E-state index contributed by atoms with van der Waals surface area (Å²) in [5, 5.41) is 2.12. The lowest BCUT2D eigenvalue weighted by Crippen LogP contribution is -2.23. The van der Waals surface area contributed by atoms with Crippen LogP contribution >= 0.6 is 11.3 Å². The van der Waals surface area contributed by atoms with E-state index in [4.69, 9.17) is 10.5 Å². The molecule has 20 heavy (non-hydrogen) atoms. The van der Waals surface area contributed by atoms with Gasteiger partial charge in [-0.05, 0) is 36.9 Å². The summed E-state index contributed by atoms with van der Waals surface area (Å²) in [6, 6.07) is 10.3. The van der Waals surface area contributed by atoms with Crippen LogP contribution in [-0.2, 0) is 6.42 Å². The van der Waals surface area contributed by atoms with Gasteiger partial charge in [-0.1, -0.05) is 12.1 Å². The average Bonchev–Trinajstić information content (AvgIpc) is 2.96. The molecule has 108 valence electrons. The normalized spacial score (nSPS) is 12.2. The van der Waals surface area contributed by atoms with Crippen LogP contribution < -0.4 is 15.4 Å². The van der Waals surface area contributed by atoms with Gasteiger partial charge in [0.05, 0.1) is 7.11 Å². The van der Waals surface area contributed by atoms with Crippen molar-refractivity contribution in [3.8, 4) is 5.75 Å². The number of nitrogens with zero attached hydrogens (tertiary/aromatic N) is 1. The number of hydrogen-bond acceptors (Lipinski definition) is 4. The van der Waals surface area contributed by atoms with Crippen molar-refractivity contribution in [2.75, 3.05) is 25.6 Å². The maximum absolute atomic E-state index is 6.11. The highest BCUT2D eigenvalue weighted by molar-refractivity contribution is 7.09. The standard InChI is InChI=1S/C16H22N2OS/c1-12(17)16-14(7-4-8-15(16)19-3)18(2)10-9-13-6-5-11-20-13/h4-8,11-12H,9-10,17H2,1-3H3/t12-/m1/s1. The quantitative estimate of drug-likeness (QED) is 0.885. The van der Waals surface area contributed by atoms with E-state index in [-0.39, 0.29) is 6.04 Å². The van der Waals surface area contributed by atoms with E-state index in [1.807, 2.05) is 19.1 Å². The van der Waals surface area contributed by atoms with Crippen LogP contribution in [0.2, 0.25) is 0 Å². The van der Waals surface area contributed by atoms with Crippen LogP contribution in [0.5, 0.6) is 5.75 Å². The second-order valence-electron chi connectivity index (χ2n) is 4.93. The van der Waals surface area contributed by atoms with Crippen molar-refractivity contribution < 1.29 is 4.74 Å². The van der Waals surface area contributed by atoms with Crippen molar-refractivity contribution in [1.29, 1.82) is 0 Å². The van der Waals surface area contributed by atoms with Gasteiger partial charge in [0.15, 0.2) is 0 Å². The molecule has 1 aromatic heterocycles. The van der Waals surface area contributed by atoms with Gasteiger partial charge in [-0.15, -0.1) is 11.3 Å². The summed E-state index contributed by atoms with van der Waals surface area (Å²) >= 11 is 1.80. The number of anilines is 1. The van der Waals surface area contributed by atoms with Crippen molar-refractivity contribution in [1.82, 2.24) is 0 Å². The molecule has 0 aliphatic rings. The predicted molar refractivity (Wildman–Crippen MR) is 86.9 cm³/mol. The zero-order valence-corrected chi connectivity index (χ0v) is 13.1. The minimum Gasteiger partial charge on any atom is -0.496 e. The highest BCUT2D eigenvalue weighted by atomic mass is 32.1. The molecule has 0 spiro atoms. The summed E-state index contributed by atoms with van der Waals surface area (Å²) in [6.45, 7) is 2.96. The summed E-state index contributed by atoms with van der Waals surface area (Å²) in [5.74, 6) is 0.862. The zero-order chi connectivity index (χ0) is 14.5. The lowest BCUT2D eigenvalue weighted by atomic mass is 10.0. The summed E-state index contributed by atoms with van der Waals surface area (Å²) in [7, 11) is 3.80. The predicted octanol–water partition coefficient (Wildman–Crippen LogP) is 3.46. The molecule has 0 saturated heterocycles. The molecule has 0 radical (unpaired) electrons. The summed E-state index contributed by atoms with van der Waals surface area (Å²) < 4.78 is 5.44. The van der Waals surface area contributed by atoms with Gasteiger partial charge in [0.25, 0.3) is 0 Å². The Morgan fingerprint density at radius 1 is 1.30 bits per heavy atom. The second kappa shape index (κ2) is 6.77. The van der Waals surface area contributed by atoms with Gasteiger partial charge < -0.3 is 15.4 Å². The average molecular weight is 290 g/mol. The molecule has 1 atom stereocenters. The Balaban J connectivity index is 2.18. The third-order valence-electron chi connectivity index (χ3n) is 3.40. The third-order valence-corrected chi connectivity index (χ3v) is 4.34. The molecule has 0 saturated carbocycles. The second-order valence-corrected chi connectivity index (χ2v) is 5.96. The number of hydrogen-bond donors (Lipinski definition) is 1. The largest absolute Gasteiger partial charge is 0.496 e. The summed E-state index contributed by atoms with van der Waals surface area (Å²) in [6.07, 6.45) is 1.05. The number of benzene rings is 1. The van der Waals surface area contributed by atoms with Crippen LogP contribution in [0.4, 0.5) is 5.69 Å². The van der Waals surface area contributed by atoms with E-state index in [9.17, 15) is 0 Å². The third kappa shape index (κ3) is 3.32. The van der Waals surface area contributed by atoms with E-state index in [1.54, 1.807) is 18.4 Å². The van der Waals surface area contributed by atoms with Gasteiger partial charge in [-0.3, -0.25) is 0 Å². The molecule has 0 aliphatic carbocycles. The fraction of sp³-hybridized carbons (Fsp3) is 0.375. The molecule has 0 bridgehead atoms. The van der Waals surface area contributed by atoms with E-state index in [0.29, 0.717) is 0 Å².